The predicted molar refractivity (Wildman–Crippen MR) is 71.2 cm³/mol. The molecule has 2 rings (SSSR count). The molecular weight excluding hydrogens is 242 g/mol. The molecule has 0 atom stereocenters. The quantitative estimate of drug-likeness (QED) is 0.507. The predicted octanol–water partition coefficient (Wildman–Crippen LogP) is 2.63. The molecule has 2 aromatic carbocycles. The number of carbonyl (C=O) groups excluding carboxylic acids is 1. The van der Waals surface area contributed by atoms with E-state index in [0.717, 1.165) is 10.8 Å². The number of aromatic hydroxyl groups is 1. The summed E-state index contributed by atoms with van der Waals surface area (Å²) in [4.78, 5) is 11.3. The topological polar surface area (TPSA) is 70.3 Å². The zero-order valence-electron chi connectivity index (χ0n) is 10.3. The van der Waals surface area contributed by atoms with Gasteiger partial charge in [-0.15, -0.1) is 0 Å². The highest BCUT2D eigenvalue weighted by Crippen LogP contribution is 2.26. The third-order valence-electron chi connectivity index (χ3n) is 2.72. The van der Waals surface area contributed by atoms with Crippen LogP contribution in [0.15, 0.2) is 42.0 Å². The molecule has 1 N–H and O–H groups in total. The minimum absolute atomic E-state index is 0.00959. The number of ether oxygens (including phenoxy) is 1. The Morgan fingerprint density at radius 1 is 1.32 bits per heavy atom. The first kappa shape index (κ1) is 12.7. The van der Waals surface area contributed by atoms with Crippen LogP contribution < -0.4 is 0 Å². The van der Waals surface area contributed by atoms with Gasteiger partial charge in [0.15, 0.2) is 0 Å². The molecule has 94 valence electrons. The van der Waals surface area contributed by atoms with Crippen molar-refractivity contribution in [3.63, 3.8) is 0 Å². The van der Waals surface area contributed by atoms with Crippen molar-refractivity contribution in [2.45, 2.75) is 0 Å². The molecule has 0 radical (unpaired) electrons. The van der Waals surface area contributed by atoms with E-state index in [1.54, 1.807) is 18.2 Å². The summed E-state index contributed by atoms with van der Waals surface area (Å²) in [6, 6.07) is 12.6. The van der Waals surface area contributed by atoms with E-state index in [1.807, 2.05) is 24.3 Å². The summed E-state index contributed by atoms with van der Waals surface area (Å²) in [6.45, 7) is 0. The first-order chi connectivity index (χ1) is 9.15. The van der Waals surface area contributed by atoms with Gasteiger partial charge in [-0.25, -0.2) is 4.79 Å². The van der Waals surface area contributed by atoms with Crippen molar-refractivity contribution in [3.05, 3.63) is 47.5 Å². The molecule has 0 fully saturated rings. The second-order valence-electron chi connectivity index (χ2n) is 3.92. The van der Waals surface area contributed by atoms with E-state index in [9.17, 15) is 9.90 Å². The van der Waals surface area contributed by atoms with E-state index < -0.39 is 5.97 Å². The summed E-state index contributed by atoms with van der Waals surface area (Å²) in [5.41, 5.74) is 0.244. The maximum absolute atomic E-state index is 11.3. The van der Waals surface area contributed by atoms with Gasteiger partial charge in [-0.3, -0.25) is 0 Å². The van der Waals surface area contributed by atoms with Crippen molar-refractivity contribution in [2.24, 2.45) is 0 Å². The molecule has 4 nitrogen and oxygen atoms in total. The fourth-order valence-corrected chi connectivity index (χ4v) is 1.76. The molecule has 0 aliphatic carbocycles. The molecule has 0 saturated carbocycles. The third kappa shape index (κ3) is 2.55. The number of phenols is 1. The van der Waals surface area contributed by atoms with Gasteiger partial charge in [-0.05, 0) is 29.0 Å². The van der Waals surface area contributed by atoms with E-state index in [2.05, 4.69) is 4.74 Å². The number of fused-ring (bicyclic) bond motifs is 1. The zero-order valence-corrected chi connectivity index (χ0v) is 10.3. The molecule has 0 aromatic heterocycles. The van der Waals surface area contributed by atoms with E-state index >= 15 is 0 Å². The van der Waals surface area contributed by atoms with Gasteiger partial charge in [0.05, 0.1) is 7.11 Å². The van der Waals surface area contributed by atoms with Crippen molar-refractivity contribution >= 4 is 22.8 Å². The van der Waals surface area contributed by atoms with Crippen molar-refractivity contribution in [1.29, 1.82) is 5.26 Å². The maximum atomic E-state index is 11.3. The number of hydrogen-bond donors (Lipinski definition) is 1. The number of nitriles is 1. The lowest BCUT2D eigenvalue weighted by Gasteiger charge is -2.04. The van der Waals surface area contributed by atoms with Gasteiger partial charge in [0, 0.05) is 5.56 Å². The van der Waals surface area contributed by atoms with Crippen LogP contribution in [0.2, 0.25) is 0 Å². The van der Waals surface area contributed by atoms with E-state index in [4.69, 9.17) is 5.26 Å². The number of phenolic OH excluding ortho intramolecular Hbond substituents is 1. The average molecular weight is 253 g/mol. The third-order valence-corrected chi connectivity index (χ3v) is 2.72. The van der Waals surface area contributed by atoms with Gasteiger partial charge in [-0.2, -0.15) is 5.26 Å². The lowest BCUT2D eigenvalue weighted by atomic mass is 10.0. The molecule has 0 amide bonds. The van der Waals surface area contributed by atoms with Gasteiger partial charge in [0.1, 0.15) is 17.4 Å². The van der Waals surface area contributed by atoms with Crippen molar-refractivity contribution in [2.75, 3.05) is 7.11 Å². The van der Waals surface area contributed by atoms with Crippen LogP contribution in [0.5, 0.6) is 5.75 Å². The minimum Gasteiger partial charge on any atom is -0.507 e. The summed E-state index contributed by atoms with van der Waals surface area (Å²) in [5.74, 6) is -0.717. The van der Waals surface area contributed by atoms with Gasteiger partial charge >= 0.3 is 5.97 Å². The van der Waals surface area contributed by atoms with Crippen molar-refractivity contribution < 1.29 is 14.6 Å². The van der Waals surface area contributed by atoms with Crippen molar-refractivity contribution in [3.8, 4) is 11.8 Å². The van der Waals surface area contributed by atoms with Gasteiger partial charge in [0.2, 0.25) is 0 Å². The Kier molecular flexibility index (Phi) is 3.48. The Balaban J connectivity index is 2.57. The Labute approximate surface area is 110 Å². The molecule has 0 aliphatic rings. The van der Waals surface area contributed by atoms with Crippen LogP contribution in [0, 0.1) is 11.3 Å². The Morgan fingerprint density at radius 2 is 1.95 bits per heavy atom. The maximum Gasteiger partial charge on any atom is 0.348 e. The molecule has 0 aliphatic heterocycles. The second-order valence-corrected chi connectivity index (χ2v) is 3.92. The van der Waals surface area contributed by atoms with Crippen LogP contribution in [0.25, 0.3) is 16.8 Å². The lowest BCUT2D eigenvalue weighted by molar-refractivity contribution is -0.135. The second kappa shape index (κ2) is 5.23. The normalized spacial score (nSPS) is 11.1. The highest BCUT2D eigenvalue weighted by molar-refractivity contribution is 5.99. The fraction of sp³-hybridized carbons (Fsp3) is 0.0667. The van der Waals surface area contributed by atoms with Gasteiger partial charge in [0.25, 0.3) is 0 Å². The summed E-state index contributed by atoms with van der Waals surface area (Å²) in [6.07, 6.45) is 1.31. The van der Waals surface area contributed by atoms with Gasteiger partial charge < -0.3 is 9.84 Å². The number of rotatable bonds is 2. The highest BCUT2D eigenvalue weighted by atomic mass is 16.5. The van der Waals surface area contributed by atoms with Gasteiger partial charge in [-0.1, -0.05) is 24.3 Å². The van der Waals surface area contributed by atoms with Crippen LogP contribution in [0.4, 0.5) is 0 Å². The number of nitrogens with zero attached hydrogens (tertiary/aromatic N) is 1. The minimum atomic E-state index is -0.727. The van der Waals surface area contributed by atoms with E-state index in [-0.39, 0.29) is 11.3 Å². The summed E-state index contributed by atoms with van der Waals surface area (Å²) in [7, 11) is 1.20. The molecule has 19 heavy (non-hydrogen) atoms. The molecule has 0 unspecified atom stereocenters. The smallest absolute Gasteiger partial charge is 0.348 e. The fourth-order valence-electron chi connectivity index (χ4n) is 1.76. The standard InChI is InChI=1S/C15H11NO3/c1-19-15(18)13(9-16)7-12-6-10-4-2-3-5-11(10)8-14(12)17/h2-8,17H,1H3/b13-7+. The number of benzene rings is 2. The molecule has 0 heterocycles. The first-order valence-corrected chi connectivity index (χ1v) is 5.57. The molecule has 0 bridgehead atoms. The van der Waals surface area contributed by atoms with Crippen LogP contribution in [0.1, 0.15) is 5.56 Å². The largest absolute Gasteiger partial charge is 0.507 e. The molecule has 0 spiro atoms. The number of methoxy groups -OCH3 is 1. The zero-order chi connectivity index (χ0) is 13.8. The van der Waals surface area contributed by atoms with E-state index in [0.29, 0.717) is 5.56 Å². The molecule has 0 saturated heterocycles. The highest BCUT2D eigenvalue weighted by Gasteiger charge is 2.10. The monoisotopic (exact) mass is 253 g/mol. The number of esters is 1. The lowest BCUT2D eigenvalue weighted by Crippen LogP contribution is -2.02. The van der Waals surface area contributed by atoms with Crippen LogP contribution in [0.3, 0.4) is 0 Å². The van der Waals surface area contributed by atoms with Crippen LogP contribution in [-0.2, 0) is 9.53 Å². The Hall–Kier alpha value is -2.80. The molecular formula is C15H11NO3. The number of hydrogen-bond acceptors (Lipinski definition) is 4. The van der Waals surface area contributed by atoms with Crippen LogP contribution >= 0.6 is 0 Å². The summed E-state index contributed by atoms with van der Waals surface area (Å²) in [5, 5.41) is 20.6. The Bertz CT molecular complexity index is 711. The molecule has 4 heteroatoms. The Morgan fingerprint density at radius 3 is 2.53 bits per heavy atom. The van der Waals surface area contributed by atoms with Crippen LogP contribution in [-0.4, -0.2) is 18.2 Å². The summed E-state index contributed by atoms with van der Waals surface area (Å²) >= 11 is 0. The van der Waals surface area contributed by atoms with Crippen molar-refractivity contribution in [1.82, 2.24) is 0 Å². The summed E-state index contributed by atoms with van der Waals surface area (Å²) < 4.78 is 4.49. The van der Waals surface area contributed by atoms with E-state index in [1.165, 1.54) is 13.2 Å². The first-order valence-electron chi connectivity index (χ1n) is 5.57. The number of carbonyl (C=O) groups is 1. The SMILES string of the molecule is COC(=O)/C(C#N)=C/c1cc2ccccc2cc1O. The average Bonchev–Trinajstić information content (AvgIpc) is 2.44. The molecule has 2 aromatic rings.